The van der Waals surface area contributed by atoms with Crippen molar-refractivity contribution in [2.24, 2.45) is 17.6 Å². The molecule has 2 heterocycles. The van der Waals surface area contributed by atoms with E-state index in [0.29, 0.717) is 12.0 Å². The summed E-state index contributed by atoms with van der Waals surface area (Å²) in [4.78, 5) is 16.9. The van der Waals surface area contributed by atoms with Crippen LogP contribution in [0, 0.1) is 11.8 Å². The standard InChI is InChI=1S/C15H29N3O2/c1-4-11(2)14(16)15(19)18-9-12(3)13(10-18)17-5-7-20-8-6-17/h11-14H,4-10,16H2,1-3H3. The zero-order valence-corrected chi connectivity index (χ0v) is 13.0. The highest BCUT2D eigenvalue weighted by Crippen LogP contribution is 2.24. The Morgan fingerprint density at radius 2 is 2.00 bits per heavy atom. The van der Waals surface area contributed by atoms with Gasteiger partial charge in [0.2, 0.25) is 5.91 Å². The summed E-state index contributed by atoms with van der Waals surface area (Å²) in [5.74, 6) is 0.892. The average Bonchev–Trinajstić information content (AvgIpc) is 2.87. The second-order valence-electron chi connectivity index (χ2n) is 6.35. The Hall–Kier alpha value is -0.650. The summed E-state index contributed by atoms with van der Waals surface area (Å²) < 4.78 is 5.41. The molecular weight excluding hydrogens is 254 g/mol. The van der Waals surface area contributed by atoms with E-state index in [2.05, 4.69) is 25.7 Å². The van der Waals surface area contributed by atoms with Crippen molar-refractivity contribution in [3.8, 4) is 0 Å². The Bertz CT molecular complexity index is 331. The lowest BCUT2D eigenvalue weighted by molar-refractivity contribution is -0.133. The number of hydrogen-bond donors (Lipinski definition) is 1. The molecule has 2 fully saturated rings. The van der Waals surface area contributed by atoms with Crippen LogP contribution in [0.1, 0.15) is 27.2 Å². The zero-order valence-electron chi connectivity index (χ0n) is 13.0. The lowest BCUT2D eigenvalue weighted by Gasteiger charge is -2.34. The van der Waals surface area contributed by atoms with Crippen LogP contribution < -0.4 is 5.73 Å². The van der Waals surface area contributed by atoms with E-state index < -0.39 is 0 Å². The molecule has 0 bridgehead atoms. The van der Waals surface area contributed by atoms with Crippen LogP contribution in [0.25, 0.3) is 0 Å². The maximum Gasteiger partial charge on any atom is 0.239 e. The number of nitrogens with two attached hydrogens (primary N) is 1. The molecule has 5 nitrogen and oxygen atoms in total. The summed E-state index contributed by atoms with van der Waals surface area (Å²) in [6.07, 6.45) is 0.948. The van der Waals surface area contributed by atoms with Crippen molar-refractivity contribution < 1.29 is 9.53 Å². The van der Waals surface area contributed by atoms with Crippen molar-refractivity contribution in [3.05, 3.63) is 0 Å². The largest absolute Gasteiger partial charge is 0.379 e. The van der Waals surface area contributed by atoms with Gasteiger partial charge in [-0.15, -0.1) is 0 Å². The Kier molecular flexibility index (Phi) is 5.41. The van der Waals surface area contributed by atoms with Crippen molar-refractivity contribution in [1.29, 1.82) is 0 Å². The van der Waals surface area contributed by atoms with Gasteiger partial charge in [0.05, 0.1) is 19.3 Å². The van der Waals surface area contributed by atoms with Gasteiger partial charge in [0, 0.05) is 32.2 Å². The van der Waals surface area contributed by atoms with Crippen molar-refractivity contribution in [1.82, 2.24) is 9.80 Å². The maximum atomic E-state index is 12.5. The summed E-state index contributed by atoms with van der Waals surface area (Å²) in [6.45, 7) is 11.6. The van der Waals surface area contributed by atoms with E-state index in [9.17, 15) is 4.79 Å². The number of carbonyl (C=O) groups excluding carboxylic acids is 1. The van der Waals surface area contributed by atoms with Gasteiger partial charge in [0.1, 0.15) is 0 Å². The normalized spacial score (nSPS) is 31.3. The Balaban J connectivity index is 1.93. The van der Waals surface area contributed by atoms with Crippen LogP contribution in [0.3, 0.4) is 0 Å². The minimum atomic E-state index is -0.351. The molecule has 0 aromatic carbocycles. The third-order valence-corrected chi connectivity index (χ3v) is 4.94. The highest BCUT2D eigenvalue weighted by Gasteiger charge is 2.38. The minimum absolute atomic E-state index is 0.127. The highest BCUT2D eigenvalue weighted by atomic mass is 16.5. The Labute approximate surface area is 122 Å². The molecule has 0 aromatic rings. The van der Waals surface area contributed by atoms with Gasteiger partial charge in [0.15, 0.2) is 0 Å². The van der Waals surface area contributed by atoms with Crippen LogP contribution in [0.2, 0.25) is 0 Å². The number of amides is 1. The predicted molar refractivity (Wildman–Crippen MR) is 79.4 cm³/mol. The van der Waals surface area contributed by atoms with E-state index >= 15 is 0 Å². The second kappa shape index (κ2) is 6.87. The molecule has 1 amide bonds. The smallest absolute Gasteiger partial charge is 0.239 e. The third kappa shape index (κ3) is 3.32. The first-order chi connectivity index (χ1) is 9.54. The number of rotatable bonds is 4. The summed E-state index contributed by atoms with van der Waals surface area (Å²) in [6, 6.07) is 0.114. The first-order valence-electron chi connectivity index (χ1n) is 7.90. The van der Waals surface area contributed by atoms with Gasteiger partial charge in [0.25, 0.3) is 0 Å². The lowest BCUT2D eigenvalue weighted by atomic mass is 9.99. The zero-order chi connectivity index (χ0) is 14.7. The van der Waals surface area contributed by atoms with Gasteiger partial charge in [-0.2, -0.15) is 0 Å². The van der Waals surface area contributed by atoms with E-state index in [4.69, 9.17) is 10.5 Å². The van der Waals surface area contributed by atoms with Crippen molar-refractivity contribution in [3.63, 3.8) is 0 Å². The fourth-order valence-electron chi connectivity index (χ4n) is 3.22. The van der Waals surface area contributed by atoms with Gasteiger partial charge < -0.3 is 15.4 Å². The van der Waals surface area contributed by atoms with Crippen LogP contribution in [0.15, 0.2) is 0 Å². The van der Waals surface area contributed by atoms with E-state index in [1.807, 2.05) is 4.90 Å². The quantitative estimate of drug-likeness (QED) is 0.818. The summed E-state index contributed by atoms with van der Waals surface area (Å²) in [7, 11) is 0. The number of carbonyl (C=O) groups is 1. The second-order valence-corrected chi connectivity index (χ2v) is 6.35. The number of likely N-dealkylation sites (tertiary alicyclic amines) is 1. The molecule has 2 aliphatic heterocycles. The van der Waals surface area contributed by atoms with Crippen molar-refractivity contribution in [2.75, 3.05) is 39.4 Å². The first kappa shape index (κ1) is 15.7. The van der Waals surface area contributed by atoms with Crippen LogP contribution in [-0.4, -0.2) is 67.2 Å². The molecule has 2 saturated heterocycles. The molecule has 5 heteroatoms. The fourth-order valence-corrected chi connectivity index (χ4v) is 3.22. The van der Waals surface area contributed by atoms with Crippen LogP contribution in [0.4, 0.5) is 0 Å². The molecule has 2 N–H and O–H groups in total. The molecule has 2 rings (SSSR count). The highest BCUT2D eigenvalue weighted by molar-refractivity contribution is 5.82. The molecule has 0 aliphatic carbocycles. The van der Waals surface area contributed by atoms with Crippen LogP contribution in [-0.2, 0) is 9.53 Å². The monoisotopic (exact) mass is 283 g/mol. The van der Waals surface area contributed by atoms with Gasteiger partial charge in [-0.3, -0.25) is 9.69 Å². The minimum Gasteiger partial charge on any atom is -0.379 e. The molecular formula is C15H29N3O2. The molecule has 0 radical (unpaired) electrons. The van der Waals surface area contributed by atoms with Crippen LogP contribution in [0.5, 0.6) is 0 Å². The molecule has 20 heavy (non-hydrogen) atoms. The maximum absolute atomic E-state index is 12.5. The number of morpholine rings is 1. The van der Waals surface area contributed by atoms with Crippen molar-refractivity contribution in [2.45, 2.75) is 39.3 Å². The number of nitrogens with zero attached hydrogens (tertiary/aromatic N) is 2. The fraction of sp³-hybridized carbons (Fsp3) is 0.933. The summed E-state index contributed by atoms with van der Waals surface area (Å²) in [5, 5.41) is 0. The predicted octanol–water partition coefficient (Wildman–Crippen LogP) is 0.539. The molecule has 4 atom stereocenters. The summed E-state index contributed by atoms with van der Waals surface area (Å²) >= 11 is 0. The first-order valence-corrected chi connectivity index (χ1v) is 7.90. The number of ether oxygens (including phenoxy) is 1. The molecule has 0 aromatic heterocycles. The van der Waals surface area contributed by atoms with Crippen molar-refractivity contribution >= 4 is 5.91 Å². The Morgan fingerprint density at radius 1 is 1.35 bits per heavy atom. The molecule has 4 unspecified atom stereocenters. The molecule has 0 saturated carbocycles. The third-order valence-electron chi connectivity index (χ3n) is 4.94. The topological polar surface area (TPSA) is 58.8 Å². The van der Waals surface area contributed by atoms with E-state index in [1.165, 1.54) is 0 Å². The Morgan fingerprint density at radius 3 is 2.60 bits per heavy atom. The van der Waals surface area contributed by atoms with Gasteiger partial charge in [-0.05, 0) is 11.8 Å². The molecule has 116 valence electrons. The van der Waals surface area contributed by atoms with Gasteiger partial charge >= 0.3 is 0 Å². The molecule has 0 spiro atoms. The van der Waals surface area contributed by atoms with Gasteiger partial charge in [-0.1, -0.05) is 27.2 Å². The SMILES string of the molecule is CCC(C)C(N)C(=O)N1CC(C)C(N2CCOCC2)C1. The number of hydrogen-bond acceptors (Lipinski definition) is 4. The van der Waals surface area contributed by atoms with E-state index in [1.54, 1.807) is 0 Å². The summed E-state index contributed by atoms with van der Waals surface area (Å²) in [5.41, 5.74) is 6.10. The van der Waals surface area contributed by atoms with E-state index in [-0.39, 0.29) is 17.9 Å². The molecule has 2 aliphatic rings. The van der Waals surface area contributed by atoms with Crippen LogP contribution >= 0.6 is 0 Å². The lowest BCUT2D eigenvalue weighted by Crippen LogP contribution is -2.49. The average molecular weight is 283 g/mol. The van der Waals surface area contributed by atoms with E-state index in [0.717, 1.165) is 45.8 Å². The van der Waals surface area contributed by atoms with Gasteiger partial charge in [-0.25, -0.2) is 0 Å².